The van der Waals surface area contributed by atoms with E-state index >= 15 is 0 Å². The Morgan fingerprint density at radius 3 is 2.48 bits per heavy atom. The van der Waals surface area contributed by atoms with Gasteiger partial charge in [0.25, 0.3) is 0 Å². The molecule has 23 heavy (non-hydrogen) atoms. The lowest BCUT2D eigenvalue weighted by Gasteiger charge is -2.25. The number of allylic oxidation sites excluding steroid dienone is 5. The third-order valence-corrected chi connectivity index (χ3v) is 3.94. The third kappa shape index (κ3) is 13.3. The first-order chi connectivity index (χ1) is 10.8. The van der Waals surface area contributed by atoms with E-state index in [-0.39, 0.29) is 8.85 Å². The highest BCUT2D eigenvalue weighted by molar-refractivity contribution is 5.18. The van der Waals surface area contributed by atoms with Crippen LogP contribution in [0.5, 0.6) is 0 Å². The van der Waals surface area contributed by atoms with Crippen LogP contribution < -0.4 is 5.32 Å². The number of nitrogens with one attached hydrogen (secondary N) is 1. The molecule has 0 spiro atoms. The monoisotopic (exact) mass is 324 g/mol. The van der Waals surface area contributed by atoms with Crippen LogP contribution >= 0.6 is 0 Å². The van der Waals surface area contributed by atoms with Gasteiger partial charge in [0.2, 0.25) is 0 Å². The van der Waals surface area contributed by atoms with Crippen LogP contribution in [-0.4, -0.2) is 38.1 Å². The van der Waals surface area contributed by atoms with Crippen molar-refractivity contribution < 1.29 is 1.43 Å². The van der Waals surface area contributed by atoms with Crippen LogP contribution in [0.3, 0.4) is 0 Å². The second-order valence-corrected chi connectivity index (χ2v) is 5.89. The van der Waals surface area contributed by atoms with Gasteiger partial charge in [-0.2, -0.15) is 0 Å². The normalized spacial score (nSPS) is 20.0. The van der Waals surface area contributed by atoms with Gasteiger partial charge < -0.3 is 10.2 Å². The second-order valence-electron chi connectivity index (χ2n) is 5.89. The van der Waals surface area contributed by atoms with Gasteiger partial charge in [-0.3, -0.25) is 0 Å². The fourth-order valence-electron chi connectivity index (χ4n) is 2.76. The van der Waals surface area contributed by atoms with Crippen LogP contribution in [-0.2, 0) is 0 Å². The molecule has 2 nitrogen and oxygen atoms in total. The number of nitrogens with zero attached hydrogens (tertiary/aromatic N) is 1. The van der Waals surface area contributed by atoms with E-state index in [0.717, 1.165) is 13.0 Å². The van der Waals surface area contributed by atoms with E-state index in [1.165, 1.54) is 50.9 Å². The van der Waals surface area contributed by atoms with Crippen molar-refractivity contribution in [2.45, 2.75) is 60.3 Å². The summed E-state index contributed by atoms with van der Waals surface area (Å²) < 4.78 is 0. The number of likely N-dealkylation sites (N-methyl/N-ethyl adjacent to an activating group) is 1. The molecule has 1 saturated heterocycles. The summed E-state index contributed by atoms with van der Waals surface area (Å²) in [4.78, 5) is 2.54. The van der Waals surface area contributed by atoms with Gasteiger partial charge in [-0.25, -0.2) is 0 Å². The quantitative estimate of drug-likeness (QED) is 0.654. The molecule has 138 valence electrons. The standard InChI is InChI=1S/C10H14.C8H18N2.C2H6.CH4.H2/c1-3-5-10-7-4-6-9(2)8-10;1-9-5-8-10-6-3-2-4-7-10;1-2;;/h3-4,6-7,10H,1,5,8H2,2H3;9H,2-8H2,1H3;1-2H3;1H4;1H. The maximum Gasteiger partial charge on any atom is 0.0107 e. The zero-order valence-electron chi connectivity index (χ0n) is 15.4. The minimum Gasteiger partial charge on any atom is -0.318 e. The van der Waals surface area contributed by atoms with Crippen molar-refractivity contribution in [1.29, 1.82) is 0 Å². The van der Waals surface area contributed by atoms with Crippen LogP contribution in [0.1, 0.15) is 61.7 Å². The highest BCUT2D eigenvalue weighted by Gasteiger charge is 2.07. The molecular weight excluding hydrogens is 280 g/mol. The molecule has 0 saturated carbocycles. The molecule has 0 radical (unpaired) electrons. The zero-order chi connectivity index (χ0) is 16.6. The summed E-state index contributed by atoms with van der Waals surface area (Å²) in [7, 11) is 2.02. The number of piperidine rings is 1. The van der Waals surface area contributed by atoms with Gasteiger partial charge in [-0.1, -0.05) is 57.6 Å². The molecule has 1 aliphatic carbocycles. The highest BCUT2D eigenvalue weighted by atomic mass is 15.1. The Hall–Kier alpha value is -0.860. The lowest BCUT2D eigenvalue weighted by Crippen LogP contribution is -2.34. The molecule has 2 aliphatic rings. The van der Waals surface area contributed by atoms with Crippen LogP contribution in [0.15, 0.2) is 36.5 Å². The summed E-state index contributed by atoms with van der Waals surface area (Å²) in [5.41, 5.74) is 1.48. The third-order valence-electron chi connectivity index (χ3n) is 3.94. The molecule has 1 atom stereocenters. The van der Waals surface area contributed by atoms with E-state index in [1.54, 1.807) is 0 Å². The Morgan fingerprint density at radius 1 is 1.30 bits per heavy atom. The smallest absolute Gasteiger partial charge is 0.0107 e. The fourth-order valence-corrected chi connectivity index (χ4v) is 2.76. The fraction of sp³-hybridized carbons (Fsp3) is 0.714. The average Bonchev–Trinajstić information content (AvgIpc) is 2.57. The van der Waals surface area contributed by atoms with E-state index in [2.05, 4.69) is 41.9 Å². The molecule has 0 aromatic rings. The van der Waals surface area contributed by atoms with Crippen LogP contribution in [0.4, 0.5) is 0 Å². The summed E-state index contributed by atoms with van der Waals surface area (Å²) in [5.74, 6) is 0.711. The summed E-state index contributed by atoms with van der Waals surface area (Å²) >= 11 is 0. The summed E-state index contributed by atoms with van der Waals surface area (Å²) in [5, 5.41) is 3.17. The second kappa shape index (κ2) is 17.5. The van der Waals surface area contributed by atoms with Crippen molar-refractivity contribution in [2.75, 3.05) is 33.2 Å². The number of likely N-dealkylation sites (tertiary alicyclic amines) is 1. The van der Waals surface area contributed by atoms with E-state index < -0.39 is 0 Å². The molecule has 0 aromatic carbocycles. The first kappa shape index (κ1) is 24.4. The Kier molecular flexibility index (Phi) is 18.6. The van der Waals surface area contributed by atoms with Crippen LogP contribution in [0.2, 0.25) is 0 Å². The number of hydrogen-bond acceptors (Lipinski definition) is 2. The molecule has 1 heterocycles. The molecular formula is C21H44N2. The minimum absolute atomic E-state index is 0. The highest BCUT2D eigenvalue weighted by Crippen LogP contribution is 2.20. The van der Waals surface area contributed by atoms with Crippen molar-refractivity contribution in [3.63, 3.8) is 0 Å². The van der Waals surface area contributed by atoms with Crippen LogP contribution in [0.25, 0.3) is 0 Å². The molecule has 1 unspecified atom stereocenters. The van der Waals surface area contributed by atoms with E-state index in [1.807, 2.05) is 27.0 Å². The molecule has 2 heteroatoms. The van der Waals surface area contributed by atoms with Crippen molar-refractivity contribution in [3.8, 4) is 0 Å². The maximum atomic E-state index is 3.73. The van der Waals surface area contributed by atoms with Gasteiger partial charge >= 0.3 is 0 Å². The van der Waals surface area contributed by atoms with Gasteiger partial charge in [-0.05, 0) is 58.7 Å². The number of rotatable bonds is 5. The largest absolute Gasteiger partial charge is 0.318 e. The summed E-state index contributed by atoms with van der Waals surface area (Å²) in [6.07, 6.45) is 15.2. The first-order valence-electron chi connectivity index (χ1n) is 9.08. The predicted molar refractivity (Wildman–Crippen MR) is 110 cm³/mol. The molecule has 0 amide bonds. The van der Waals surface area contributed by atoms with Crippen molar-refractivity contribution in [2.24, 2.45) is 5.92 Å². The molecule has 1 fully saturated rings. The van der Waals surface area contributed by atoms with Gasteiger partial charge in [0, 0.05) is 14.5 Å². The predicted octanol–water partition coefficient (Wildman–Crippen LogP) is 5.68. The van der Waals surface area contributed by atoms with Crippen LogP contribution in [0, 0.1) is 5.92 Å². The molecule has 1 N–H and O–H groups in total. The lowest BCUT2D eigenvalue weighted by atomic mass is 9.93. The molecule has 1 aliphatic heterocycles. The van der Waals surface area contributed by atoms with Gasteiger partial charge in [0.15, 0.2) is 0 Å². The maximum absolute atomic E-state index is 3.73. The van der Waals surface area contributed by atoms with Crippen molar-refractivity contribution in [3.05, 3.63) is 36.5 Å². The van der Waals surface area contributed by atoms with Crippen molar-refractivity contribution in [1.82, 2.24) is 10.2 Å². The van der Waals surface area contributed by atoms with Gasteiger partial charge in [-0.15, -0.1) is 6.58 Å². The summed E-state index contributed by atoms with van der Waals surface area (Å²) in [6.45, 7) is 14.9. The van der Waals surface area contributed by atoms with Gasteiger partial charge in [0.05, 0.1) is 0 Å². The zero-order valence-corrected chi connectivity index (χ0v) is 15.4. The first-order valence-corrected chi connectivity index (χ1v) is 9.08. The van der Waals surface area contributed by atoms with E-state index in [0.29, 0.717) is 5.92 Å². The Labute approximate surface area is 148 Å². The summed E-state index contributed by atoms with van der Waals surface area (Å²) in [6, 6.07) is 0. The molecule has 0 aromatic heterocycles. The molecule has 2 rings (SSSR count). The van der Waals surface area contributed by atoms with E-state index in [9.17, 15) is 0 Å². The minimum atomic E-state index is 0. The Bertz CT molecular complexity index is 318. The SMILES string of the molecule is C.C=CCC1C=CC=C(C)C1.CC.CNCCN1CCCCC1.[HH]. The Morgan fingerprint density at radius 2 is 1.96 bits per heavy atom. The Balaban J connectivity index is -0.000000310. The number of hydrogen-bond donors (Lipinski definition) is 1. The lowest BCUT2D eigenvalue weighted by molar-refractivity contribution is 0.231. The molecule has 0 bridgehead atoms. The van der Waals surface area contributed by atoms with Gasteiger partial charge in [0.1, 0.15) is 0 Å². The van der Waals surface area contributed by atoms with Crippen molar-refractivity contribution >= 4 is 0 Å². The average molecular weight is 325 g/mol. The topological polar surface area (TPSA) is 15.3 Å². The van der Waals surface area contributed by atoms with E-state index in [4.69, 9.17) is 0 Å².